The van der Waals surface area contributed by atoms with Crippen LogP contribution in [0.15, 0.2) is 36.4 Å². The van der Waals surface area contributed by atoms with Gasteiger partial charge in [-0.15, -0.1) is 0 Å². The van der Waals surface area contributed by atoms with Gasteiger partial charge in [-0.2, -0.15) is 5.10 Å². The molecule has 0 saturated heterocycles. The number of hydrogen-bond donors (Lipinski definition) is 2. The van der Waals surface area contributed by atoms with Crippen molar-refractivity contribution in [1.29, 1.82) is 0 Å². The summed E-state index contributed by atoms with van der Waals surface area (Å²) in [4.78, 5) is 15.1. The first-order valence-electron chi connectivity index (χ1n) is 10.6. The van der Waals surface area contributed by atoms with Gasteiger partial charge in [-0.3, -0.25) is 9.89 Å². The number of rotatable bonds is 4. The maximum Gasteiger partial charge on any atom is 0.273 e. The summed E-state index contributed by atoms with van der Waals surface area (Å²) >= 11 is 6.35. The van der Waals surface area contributed by atoms with Crippen LogP contribution in [0.5, 0.6) is 5.75 Å². The quantitative estimate of drug-likeness (QED) is 0.526. The molecule has 1 atom stereocenters. The molecule has 0 aliphatic carbocycles. The van der Waals surface area contributed by atoms with E-state index in [9.17, 15) is 9.90 Å². The van der Waals surface area contributed by atoms with Crippen molar-refractivity contribution in [1.82, 2.24) is 15.1 Å². The smallest absolute Gasteiger partial charge is 0.273 e. The number of halogens is 1. The third-order valence-electron chi connectivity index (χ3n) is 5.95. The number of aromatic hydroxyl groups is 1. The number of benzene rings is 2. The molecule has 5 nitrogen and oxygen atoms in total. The SMILES string of the molecule is CCCN1C(=O)c2[nH]nc(-c3cc(Cl)c(C)cc3O)c2C1c1ccc(C(C)(C)C)cc1. The lowest BCUT2D eigenvalue weighted by atomic mass is 9.85. The molecule has 4 rings (SSSR count). The van der Waals surface area contributed by atoms with Crippen LogP contribution in [0.1, 0.15) is 72.9 Å². The first-order chi connectivity index (χ1) is 14.6. The largest absolute Gasteiger partial charge is 0.507 e. The summed E-state index contributed by atoms with van der Waals surface area (Å²) < 4.78 is 0. The molecule has 2 aromatic carbocycles. The highest BCUT2D eigenvalue weighted by atomic mass is 35.5. The first-order valence-corrected chi connectivity index (χ1v) is 11.0. The van der Waals surface area contributed by atoms with E-state index in [0.29, 0.717) is 28.5 Å². The number of aromatic nitrogens is 2. The number of fused-ring (bicyclic) bond motifs is 1. The second kappa shape index (κ2) is 7.72. The Kier molecular flexibility index (Phi) is 5.34. The number of aryl methyl sites for hydroxylation is 1. The molecule has 31 heavy (non-hydrogen) atoms. The Hall–Kier alpha value is -2.79. The molecule has 0 radical (unpaired) electrons. The highest BCUT2D eigenvalue weighted by Gasteiger charge is 2.42. The second-order valence-electron chi connectivity index (χ2n) is 9.25. The monoisotopic (exact) mass is 437 g/mol. The van der Waals surface area contributed by atoms with Crippen molar-refractivity contribution in [3.8, 4) is 17.0 Å². The number of amides is 1. The van der Waals surface area contributed by atoms with Crippen molar-refractivity contribution in [2.75, 3.05) is 6.54 Å². The average molecular weight is 438 g/mol. The van der Waals surface area contributed by atoms with Crippen LogP contribution in [-0.4, -0.2) is 32.7 Å². The minimum atomic E-state index is -0.273. The third kappa shape index (κ3) is 3.61. The Bertz CT molecular complexity index is 1140. The van der Waals surface area contributed by atoms with E-state index in [1.165, 1.54) is 5.56 Å². The van der Waals surface area contributed by atoms with E-state index in [4.69, 9.17) is 11.6 Å². The van der Waals surface area contributed by atoms with Gasteiger partial charge in [-0.1, -0.05) is 63.6 Å². The van der Waals surface area contributed by atoms with Crippen LogP contribution >= 0.6 is 11.6 Å². The molecule has 3 aromatic rings. The van der Waals surface area contributed by atoms with E-state index in [1.54, 1.807) is 12.1 Å². The summed E-state index contributed by atoms with van der Waals surface area (Å²) in [6.45, 7) is 11.1. The van der Waals surface area contributed by atoms with Gasteiger partial charge in [0.15, 0.2) is 0 Å². The maximum atomic E-state index is 13.2. The number of phenols is 1. The zero-order valence-corrected chi connectivity index (χ0v) is 19.3. The Balaban J connectivity index is 1.88. The number of carbonyl (C=O) groups is 1. The van der Waals surface area contributed by atoms with Gasteiger partial charge in [0.25, 0.3) is 5.91 Å². The van der Waals surface area contributed by atoms with Gasteiger partial charge in [-0.05, 0) is 47.6 Å². The van der Waals surface area contributed by atoms with Gasteiger partial charge in [0.2, 0.25) is 0 Å². The van der Waals surface area contributed by atoms with E-state index in [0.717, 1.165) is 23.1 Å². The molecule has 162 valence electrons. The molecule has 1 aromatic heterocycles. The van der Waals surface area contributed by atoms with E-state index in [-0.39, 0.29) is 23.1 Å². The van der Waals surface area contributed by atoms with Gasteiger partial charge in [0.1, 0.15) is 17.1 Å². The summed E-state index contributed by atoms with van der Waals surface area (Å²) in [5.41, 5.74) is 5.44. The predicted octanol–water partition coefficient (Wildman–Crippen LogP) is 6.00. The number of nitrogens with one attached hydrogen (secondary N) is 1. The molecule has 0 saturated carbocycles. The lowest BCUT2D eigenvalue weighted by Gasteiger charge is -2.27. The van der Waals surface area contributed by atoms with E-state index in [2.05, 4.69) is 62.2 Å². The van der Waals surface area contributed by atoms with Crippen LogP contribution in [0.3, 0.4) is 0 Å². The van der Waals surface area contributed by atoms with Crippen LogP contribution in [0, 0.1) is 6.92 Å². The molecule has 0 bridgehead atoms. The Morgan fingerprint density at radius 3 is 2.48 bits per heavy atom. The highest BCUT2D eigenvalue weighted by molar-refractivity contribution is 6.31. The second-order valence-corrected chi connectivity index (χ2v) is 9.66. The molecule has 1 unspecified atom stereocenters. The Morgan fingerprint density at radius 1 is 1.19 bits per heavy atom. The maximum absolute atomic E-state index is 13.2. The summed E-state index contributed by atoms with van der Waals surface area (Å²) in [6, 6.07) is 11.5. The van der Waals surface area contributed by atoms with Gasteiger partial charge < -0.3 is 10.0 Å². The highest BCUT2D eigenvalue weighted by Crippen LogP contribution is 2.45. The van der Waals surface area contributed by atoms with Crippen LogP contribution in [-0.2, 0) is 5.41 Å². The van der Waals surface area contributed by atoms with Gasteiger partial charge in [0.05, 0.1) is 6.04 Å². The fourth-order valence-electron chi connectivity index (χ4n) is 4.24. The minimum absolute atomic E-state index is 0.0452. The molecule has 0 spiro atoms. The Morgan fingerprint density at radius 2 is 1.87 bits per heavy atom. The zero-order valence-electron chi connectivity index (χ0n) is 18.6. The van der Waals surface area contributed by atoms with E-state index >= 15 is 0 Å². The number of phenolic OH excluding ortho intramolecular Hbond substituents is 1. The van der Waals surface area contributed by atoms with E-state index < -0.39 is 0 Å². The fourth-order valence-corrected chi connectivity index (χ4v) is 4.41. The van der Waals surface area contributed by atoms with Crippen LogP contribution in [0.2, 0.25) is 5.02 Å². The van der Waals surface area contributed by atoms with Crippen molar-refractivity contribution >= 4 is 17.5 Å². The van der Waals surface area contributed by atoms with Crippen molar-refractivity contribution in [3.05, 3.63) is 69.4 Å². The third-order valence-corrected chi connectivity index (χ3v) is 6.36. The van der Waals surface area contributed by atoms with Gasteiger partial charge in [-0.25, -0.2) is 0 Å². The number of nitrogens with zero attached hydrogens (tertiary/aromatic N) is 2. The molecule has 6 heteroatoms. The number of hydrogen-bond acceptors (Lipinski definition) is 3. The fraction of sp³-hybridized carbons (Fsp3) is 0.360. The van der Waals surface area contributed by atoms with Crippen LogP contribution in [0.25, 0.3) is 11.3 Å². The van der Waals surface area contributed by atoms with Crippen molar-refractivity contribution < 1.29 is 9.90 Å². The first kappa shape index (κ1) is 21.4. The normalized spacial score (nSPS) is 16.1. The molecule has 2 N–H and O–H groups in total. The minimum Gasteiger partial charge on any atom is -0.507 e. The topological polar surface area (TPSA) is 69.2 Å². The molecule has 1 aliphatic rings. The lowest BCUT2D eigenvalue weighted by molar-refractivity contribution is 0.0744. The number of H-pyrrole nitrogens is 1. The Labute approximate surface area is 188 Å². The van der Waals surface area contributed by atoms with Gasteiger partial charge in [0, 0.05) is 22.7 Å². The van der Waals surface area contributed by atoms with Crippen molar-refractivity contribution in [3.63, 3.8) is 0 Å². The molecule has 1 amide bonds. The standard InChI is InChI=1S/C25H28ClN3O2/c1-6-11-29-23(15-7-9-16(10-8-15)25(3,4)5)20-21(27-28-22(20)24(29)31)17-13-18(26)14(2)12-19(17)30/h7-10,12-13,23,30H,6,11H2,1-5H3,(H,27,28). The summed E-state index contributed by atoms with van der Waals surface area (Å²) in [7, 11) is 0. The molecular weight excluding hydrogens is 410 g/mol. The van der Waals surface area contributed by atoms with Crippen LogP contribution in [0.4, 0.5) is 0 Å². The van der Waals surface area contributed by atoms with Crippen molar-refractivity contribution in [2.45, 2.75) is 52.5 Å². The van der Waals surface area contributed by atoms with Crippen LogP contribution < -0.4 is 0 Å². The molecule has 0 fully saturated rings. The number of aromatic amines is 1. The predicted molar refractivity (Wildman–Crippen MR) is 124 cm³/mol. The summed E-state index contributed by atoms with van der Waals surface area (Å²) in [5.74, 6) is 0.0256. The van der Waals surface area contributed by atoms with Crippen molar-refractivity contribution in [2.24, 2.45) is 0 Å². The summed E-state index contributed by atoms with van der Waals surface area (Å²) in [5, 5.41) is 18.5. The lowest BCUT2D eigenvalue weighted by Crippen LogP contribution is -2.30. The molecular formula is C25H28ClN3O2. The summed E-state index contributed by atoms with van der Waals surface area (Å²) in [6.07, 6.45) is 0.844. The van der Waals surface area contributed by atoms with E-state index in [1.807, 2.05) is 11.8 Å². The molecule has 2 heterocycles. The zero-order chi connectivity index (χ0) is 22.5. The molecule has 1 aliphatic heterocycles. The van der Waals surface area contributed by atoms with Gasteiger partial charge >= 0.3 is 0 Å². The number of carbonyl (C=O) groups excluding carboxylic acids is 1. The average Bonchev–Trinajstić information content (AvgIpc) is 3.24.